The number of allylic oxidation sites excluding steroid dienone is 13. The van der Waals surface area contributed by atoms with E-state index in [4.69, 9.17) is 13.8 Å². The second-order valence-electron chi connectivity index (χ2n) is 23.3. The van der Waals surface area contributed by atoms with Crippen LogP contribution in [0.2, 0.25) is 0 Å². The van der Waals surface area contributed by atoms with E-state index in [0.717, 1.165) is 96.3 Å². The number of ether oxygens (including phenoxy) is 1. The zero-order chi connectivity index (χ0) is 57.9. The van der Waals surface area contributed by atoms with Crippen molar-refractivity contribution in [2.24, 2.45) is 0 Å². The number of unbranched alkanes of at least 4 members (excludes halogenated alkanes) is 31. The lowest BCUT2D eigenvalue weighted by Gasteiger charge is -2.27. The number of nitrogens with zero attached hydrogens (tertiary/aromatic N) is 1. The van der Waals surface area contributed by atoms with Gasteiger partial charge in [0, 0.05) is 12.8 Å². The van der Waals surface area contributed by atoms with Crippen LogP contribution in [0.25, 0.3) is 0 Å². The molecule has 0 aromatic carbocycles. The van der Waals surface area contributed by atoms with Crippen molar-refractivity contribution in [3.63, 3.8) is 0 Å². The van der Waals surface area contributed by atoms with Gasteiger partial charge >= 0.3 is 13.8 Å². The summed E-state index contributed by atoms with van der Waals surface area (Å²) in [6, 6.07) is -0.859. The lowest BCUT2D eigenvalue weighted by Crippen LogP contribution is -2.47. The first-order valence-corrected chi connectivity index (χ1v) is 34.4. The highest BCUT2D eigenvalue weighted by molar-refractivity contribution is 7.47. The first-order valence-electron chi connectivity index (χ1n) is 32.9. The lowest BCUT2D eigenvalue weighted by molar-refractivity contribution is -0.870. The minimum Gasteiger partial charge on any atom is -0.456 e. The van der Waals surface area contributed by atoms with Gasteiger partial charge in [0.2, 0.25) is 5.91 Å². The van der Waals surface area contributed by atoms with Crippen LogP contribution < -0.4 is 5.32 Å². The molecule has 0 fully saturated rings. The number of amides is 1. The molecule has 3 atom stereocenters. The predicted molar refractivity (Wildman–Crippen MR) is 341 cm³/mol. The van der Waals surface area contributed by atoms with Crippen molar-refractivity contribution in [2.75, 3.05) is 40.9 Å². The summed E-state index contributed by atoms with van der Waals surface area (Å²) in [5, 5.41) is 3.06. The van der Waals surface area contributed by atoms with Crippen LogP contribution in [-0.2, 0) is 27.9 Å². The maximum atomic E-state index is 13.6. The summed E-state index contributed by atoms with van der Waals surface area (Å²) in [7, 11) is 1.48. The van der Waals surface area contributed by atoms with Gasteiger partial charge in [0.1, 0.15) is 19.3 Å². The molecule has 0 radical (unpaired) electrons. The highest BCUT2D eigenvalue weighted by atomic mass is 31.2. The Balaban J connectivity index is 5.10. The molecule has 79 heavy (non-hydrogen) atoms. The number of nitrogens with one attached hydrogen (secondary N) is 1. The van der Waals surface area contributed by atoms with E-state index in [1.165, 1.54) is 154 Å². The van der Waals surface area contributed by atoms with Crippen molar-refractivity contribution < 1.29 is 37.3 Å². The van der Waals surface area contributed by atoms with Gasteiger partial charge in [-0.15, -0.1) is 0 Å². The normalized spacial score (nSPS) is 14.2. The fourth-order valence-electron chi connectivity index (χ4n) is 9.26. The Hall–Kier alpha value is -2.81. The van der Waals surface area contributed by atoms with E-state index >= 15 is 0 Å². The molecule has 0 rings (SSSR count). The van der Waals surface area contributed by atoms with Gasteiger partial charge in [-0.3, -0.25) is 18.6 Å². The van der Waals surface area contributed by atoms with Crippen molar-refractivity contribution in [2.45, 2.75) is 303 Å². The third kappa shape index (κ3) is 59.6. The highest BCUT2D eigenvalue weighted by Crippen LogP contribution is 2.43. The van der Waals surface area contributed by atoms with Crippen LogP contribution in [0.5, 0.6) is 0 Å². The van der Waals surface area contributed by atoms with Gasteiger partial charge in [-0.1, -0.05) is 260 Å². The maximum absolute atomic E-state index is 13.6. The second-order valence-corrected chi connectivity index (χ2v) is 24.7. The number of hydrogen-bond donors (Lipinski definition) is 2. The van der Waals surface area contributed by atoms with E-state index in [9.17, 15) is 19.0 Å². The van der Waals surface area contributed by atoms with E-state index in [0.29, 0.717) is 23.9 Å². The van der Waals surface area contributed by atoms with Gasteiger partial charge in [0.25, 0.3) is 0 Å². The smallest absolute Gasteiger partial charge is 0.456 e. The zero-order valence-electron chi connectivity index (χ0n) is 52.3. The van der Waals surface area contributed by atoms with E-state index in [1.54, 1.807) is 0 Å². The molecule has 0 heterocycles. The fraction of sp³-hybridized carbons (Fsp3) is 0.768. The van der Waals surface area contributed by atoms with Crippen molar-refractivity contribution in [3.8, 4) is 0 Å². The Morgan fingerprint density at radius 3 is 1.24 bits per heavy atom. The number of phosphoric ester groups is 1. The van der Waals surface area contributed by atoms with Crippen LogP contribution in [-0.4, -0.2) is 74.3 Å². The predicted octanol–water partition coefficient (Wildman–Crippen LogP) is 20.6. The lowest BCUT2D eigenvalue weighted by atomic mass is 10.0. The Morgan fingerprint density at radius 1 is 0.456 bits per heavy atom. The van der Waals surface area contributed by atoms with Crippen molar-refractivity contribution in [1.29, 1.82) is 0 Å². The molecule has 10 heteroatoms. The Kier molecular flexibility index (Phi) is 56.3. The first kappa shape index (κ1) is 76.2. The van der Waals surface area contributed by atoms with Crippen LogP contribution >= 0.6 is 7.82 Å². The summed E-state index contributed by atoms with van der Waals surface area (Å²) in [6.07, 6.45) is 77.3. The van der Waals surface area contributed by atoms with Crippen LogP contribution in [0.3, 0.4) is 0 Å². The molecule has 1 amide bonds. The number of quaternary nitrogens is 1. The SMILES string of the molecule is CC/C=C\C/C=C\C/C=C\C/C=C\C/C=C\CCCCCCCCCCCCCC(=O)NC(COP(=O)(O)OCC[N+](C)(C)C)C(/C=C\CCCCCCCCCCCCC)OC(=O)CCCCC/C=C\CCCCCCCC. The molecule has 2 N–H and O–H groups in total. The molecule has 0 aromatic heterocycles. The topological polar surface area (TPSA) is 111 Å². The molecule has 3 unspecified atom stereocenters. The van der Waals surface area contributed by atoms with Gasteiger partial charge in [0.05, 0.1) is 33.8 Å². The van der Waals surface area contributed by atoms with Crippen LogP contribution in [0.1, 0.15) is 290 Å². The van der Waals surface area contributed by atoms with Gasteiger partial charge < -0.3 is 19.4 Å². The Morgan fingerprint density at radius 2 is 0.810 bits per heavy atom. The molecule has 458 valence electrons. The quantitative estimate of drug-likeness (QED) is 0.0205. The highest BCUT2D eigenvalue weighted by Gasteiger charge is 2.30. The summed E-state index contributed by atoms with van der Waals surface area (Å²) in [4.78, 5) is 37.7. The van der Waals surface area contributed by atoms with Gasteiger partial charge in [-0.2, -0.15) is 0 Å². The van der Waals surface area contributed by atoms with E-state index in [-0.39, 0.29) is 31.5 Å². The first-order chi connectivity index (χ1) is 38.4. The van der Waals surface area contributed by atoms with Gasteiger partial charge in [0.15, 0.2) is 0 Å². The molecule has 0 aliphatic heterocycles. The molecule has 0 aromatic rings. The minimum absolute atomic E-state index is 0.0352. The molecular weight excluding hydrogens is 1000 g/mol. The number of rotatable bonds is 59. The Labute approximate surface area is 488 Å². The molecule has 9 nitrogen and oxygen atoms in total. The number of carbonyl (C=O) groups excluding carboxylic acids is 2. The standard InChI is InChI=1S/C69H125N2O7P/c1-7-10-13-16-19-22-25-28-29-30-31-32-33-34-35-36-37-38-39-40-41-44-46-49-52-55-58-61-68(72)70-66(65-77-79(74,75)76-64-63-71(4,5)6)67(60-57-54-51-48-45-42-26-23-20-17-14-11-8-2)78-69(73)62-59-56-53-50-47-43-27-24-21-18-15-12-9-3/h10,13,19,22,28-29,31-32,34-35,43,47,57,60,66-67H,7-9,11-12,14-18,20-21,23-27,30,33,36-42,44-46,48-56,58-59,61-65H2,1-6H3,(H-,70,72,74,75)/p+1/b13-10-,22-19-,29-28-,32-31-,35-34-,47-43-,60-57-. The summed E-state index contributed by atoms with van der Waals surface area (Å²) in [5.41, 5.74) is 0. The summed E-state index contributed by atoms with van der Waals surface area (Å²) in [6.45, 7) is 6.89. The maximum Gasteiger partial charge on any atom is 0.472 e. The summed E-state index contributed by atoms with van der Waals surface area (Å²) < 4.78 is 30.7. The van der Waals surface area contributed by atoms with Crippen molar-refractivity contribution in [3.05, 3.63) is 85.1 Å². The van der Waals surface area contributed by atoms with Crippen LogP contribution in [0, 0.1) is 0 Å². The summed E-state index contributed by atoms with van der Waals surface area (Å²) >= 11 is 0. The number of phosphoric acid groups is 1. The summed E-state index contributed by atoms with van der Waals surface area (Å²) in [5.74, 6) is -0.524. The third-order valence-electron chi connectivity index (χ3n) is 14.3. The fourth-order valence-corrected chi connectivity index (χ4v) is 9.99. The number of likely N-dealkylation sites (N-methyl/N-ethyl adjacent to an activating group) is 1. The van der Waals surface area contributed by atoms with Gasteiger partial charge in [-0.25, -0.2) is 4.57 Å². The van der Waals surface area contributed by atoms with E-state index in [2.05, 4.69) is 99.0 Å². The molecule has 0 bridgehead atoms. The molecular formula is C69H126N2O7P+. The zero-order valence-corrected chi connectivity index (χ0v) is 53.2. The van der Waals surface area contributed by atoms with Crippen LogP contribution in [0.15, 0.2) is 85.1 Å². The number of hydrogen-bond acceptors (Lipinski definition) is 6. The molecule has 0 aliphatic rings. The van der Waals surface area contributed by atoms with E-state index < -0.39 is 20.0 Å². The molecule has 0 spiro atoms. The van der Waals surface area contributed by atoms with Crippen LogP contribution in [0.4, 0.5) is 0 Å². The average molecular weight is 1130 g/mol. The monoisotopic (exact) mass is 1130 g/mol. The number of esters is 1. The number of carbonyl (C=O) groups is 2. The molecule has 0 aliphatic carbocycles. The largest absolute Gasteiger partial charge is 0.472 e. The Bertz CT molecular complexity index is 1630. The average Bonchev–Trinajstić information content (AvgIpc) is 3.41. The van der Waals surface area contributed by atoms with Gasteiger partial charge in [-0.05, 0) is 102 Å². The van der Waals surface area contributed by atoms with Crippen molar-refractivity contribution >= 4 is 19.7 Å². The molecule has 0 saturated carbocycles. The third-order valence-corrected chi connectivity index (χ3v) is 15.3. The van der Waals surface area contributed by atoms with E-state index in [1.807, 2.05) is 33.3 Å². The minimum atomic E-state index is -4.46. The van der Waals surface area contributed by atoms with Crippen molar-refractivity contribution in [1.82, 2.24) is 5.32 Å². The molecule has 0 saturated heterocycles. The second kappa shape index (κ2) is 58.4.